The topological polar surface area (TPSA) is 80.6 Å². The highest BCUT2D eigenvalue weighted by molar-refractivity contribution is 7.98. The van der Waals surface area contributed by atoms with E-state index in [-0.39, 0.29) is 28.4 Å². The third-order valence-electron chi connectivity index (χ3n) is 7.69. The fourth-order valence-corrected chi connectivity index (χ4v) is 6.48. The molecule has 0 atom stereocenters. The minimum absolute atomic E-state index is 0.0740. The highest BCUT2D eigenvalue weighted by atomic mass is 32.2. The van der Waals surface area contributed by atoms with Crippen LogP contribution in [0.4, 0.5) is 24.5 Å². The Kier molecular flexibility index (Phi) is 10.1. The first-order chi connectivity index (χ1) is 21.5. The third kappa shape index (κ3) is 7.67. The van der Waals surface area contributed by atoms with Gasteiger partial charge in [-0.1, -0.05) is 31.0 Å². The van der Waals surface area contributed by atoms with Crippen molar-refractivity contribution in [2.75, 3.05) is 36.2 Å². The van der Waals surface area contributed by atoms with Crippen LogP contribution in [0.3, 0.4) is 0 Å². The van der Waals surface area contributed by atoms with E-state index >= 15 is 0 Å². The third-order valence-corrected chi connectivity index (χ3v) is 9.15. The minimum atomic E-state index is -4.55. The van der Waals surface area contributed by atoms with Crippen LogP contribution < -0.4 is 10.2 Å². The molecule has 1 amide bonds. The monoisotopic (exact) mass is 655 g/mol. The van der Waals surface area contributed by atoms with Crippen LogP contribution in [0.1, 0.15) is 63.2 Å². The van der Waals surface area contributed by atoms with Gasteiger partial charge in [-0.2, -0.15) is 24.9 Å². The molecule has 0 aliphatic carbocycles. The van der Waals surface area contributed by atoms with Gasteiger partial charge in [0.25, 0.3) is 5.91 Å². The maximum atomic E-state index is 14.1. The van der Waals surface area contributed by atoms with E-state index in [1.54, 1.807) is 42.1 Å². The molecule has 1 fully saturated rings. The zero-order valence-corrected chi connectivity index (χ0v) is 26.2. The number of thiol groups is 1. The number of methoxy groups -OCH3 is 1. The van der Waals surface area contributed by atoms with Gasteiger partial charge in [0.2, 0.25) is 5.78 Å². The van der Waals surface area contributed by atoms with Gasteiger partial charge in [-0.05, 0) is 73.4 Å². The van der Waals surface area contributed by atoms with Crippen LogP contribution in [0, 0.1) is 0 Å². The highest BCUT2D eigenvalue weighted by Gasteiger charge is 2.31. The number of amides is 1. The second-order valence-corrected chi connectivity index (χ2v) is 12.3. The fraction of sp³-hybridized carbons (Fsp3) is 0.303. The van der Waals surface area contributed by atoms with Crippen molar-refractivity contribution in [1.82, 2.24) is 3.97 Å². The second-order valence-electron chi connectivity index (χ2n) is 10.8. The molecular formula is C33H32F3N3O4S2. The number of halogens is 3. The van der Waals surface area contributed by atoms with E-state index in [1.807, 2.05) is 12.1 Å². The Labute approximate surface area is 268 Å². The lowest BCUT2D eigenvalue weighted by Crippen LogP contribution is -2.29. The van der Waals surface area contributed by atoms with E-state index < -0.39 is 23.4 Å². The summed E-state index contributed by atoms with van der Waals surface area (Å²) in [6, 6.07) is 17.1. The molecular weight excluding hydrogens is 624 g/mol. The maximum absolute atomic E-state index is 14.1. The van der Waals surface area contributed by atoms with Crippen LogP contribution in [0.5, 0.6) is 0 Å². The fourth-order valence-electron chi connectivity index (χ4n) is 5.29. The predicted octanol–water partition coefficient (Wildman–Crippen LogP) is 7.62. The number of piperidine rings is 1. The average molecular weight is 656 g/mol. The molecule has 1 saturated heterocycles. The van der Waals surface area contributed by atoms with Crippen molar-refractivity contribution in [3.05, 3.63) is 94.7 Å². The molecule has 12 heteroatoms. The number of aromatic nitrogens is 1. The summed E-state index contributed by atoms with van der Waals surface area (Å²) < 4.78 is 46.0. The Morgan fingerprint density at radius 2 is 1.76 bits per heavy atom. The summed E-state index contributed by atoms with van der Waals surface area (Å²) in [4.78, 5) is 41.0. The van der Waals surface area contributed by atoms with Crippen LogP contribution in [0.15, 0.2) is 66.7 Å². The van der Waals surface area contributed by atoms with Crippen molar-refractivity contribution < 1.29 is 32.3 Å². The number of hydrogen-bond donors (Lipinski definition) is 2. The maximum Gasteiger partial charge on any atom is 0.416 e. The highest BCUT2D eigenvalue weighted by Crippen LogP contribution is 2.34. The number of fused-ring (bicyclic) bond motifs is 1. The average Bonchev–Trinajstić information content (AvgIpc) is 3.38. The van der Waals surface area contributed by atoms with Crippen molar-refractivity contribution in [2.45, 2.75) is 37.6 Å². The zero-order valence-electron chi connectivity index (χ0n) is 24.5. The zero-order chi connectivity index (χ0) is 32.1. The number of carbonyl (C=O) groups excluding carboxylic acids is 3. The van der Waals surface area contributed by atoms with Gasteiger partial charge in [-0.25, -0.2) is 0 Å². The molecule has 5 rings (SSSR count). The van der Waals surface area contributed by atoms with Gasteiger partial charge in [-0.15, -0.1) is 0 Å². The molecule has 1 aliphatic heterocycles. The Morgan fingerprint density at radius 3 is 2.49 bits per heavy atom. The number of alkyl halides is 3. The second kappa shape index (κ2) is 14.0. The molecule has 45 heavy (non-hydrogen) atoms. The Balaban J connectivity index is 1.44. The molecule has 236 valence electrons. The molecule has 2 heterocycles. The number of ether oxygens (including phenoxy) is 1. The van der Waals surface area contributed by atoms with Gasteiger partial charge < -0.3 is 15.0 Å². The summed E-state index contributed by atoms with van der Waals surface area (Å²) in [6.45, 7) is 1.66. The van der Waals surface area contributed by atoms with E-state index in [2.05, 4.69) is 27.8 Å². The van der Waals surface area contributed by atoms with E-state index in [0.29, 0.717) is 28.9 Å². The van der Waals surface area contributed by atoms with Gasteiger partial charge in [0.1, 0.15) is 5.69 Å². The van der Waals surface area contributed by atoms with Crippen LogP contribution in [0.25, 0.3) is 10.9 Å². The molecule has 0 unspecified atom stereocenters. The molecule has 1 N–H and O–H groups in total. The Morgan fingerprint density at radius 1 is 0.978 bits per heavy atom. The lowest BCUT2D eigenvalue weighted by atomic mass is 10.0. The summed E-state index contributed by atoms with van der Waals surface area (Å²) in [5.74, 6) is -0.0135. The summed E-state index contributed by atoms with van der Waals surface area (Å²) >= 11 is 5.95. The van der Waals surface area contributed by atoms with Gasteiger partial charge in [0, 0.05) is 46.8 Å². The Bertz CT molecular complexity index is 1730. The number of ketones is 1. The number of benzene rings is 3. The van der Waals surface area contributed by atoms with E-state index in [4.69, 9.17) is 0 Å². The lowest BCUT2D eigenvalue weighted by Gasteiger charge is -2.29. The summed E-state index contributed by atoms with van der Waals surface area (Å²) in [7, 11) is 1.35. The van der Waals surface area contributed by atoms with Crippen molar-refractivity contribution in [2.24, 2.45) is 0 Å². The van der Waals surface area contributed by atoms with Crippen molar-refractivity contribution in [3.8, 4) is 0 Å². The molecule has 3 aromatic carbocycles. The molecule has 1 aromatic heterocycles. The number of nitrogens with zero attached hydrogens (tertiary/aromatic N) is 2. The SMILES string of the molecule is COC(=O)CCSCc1cccc(C(=O)Nc2ccc(N3CCCCC3)cc2C(=O)c2cc3ccc(C(F)(F)F)cc3n2S)c1. The quantitative estimate of drug-likeness (QED) is 0.0792. The van der Waals surface area contributed by atoms with E-state index in [9.17, 15) is 27.6 Å². The number of rotatable bonds is 10. The number of anilines is 2. The number of esters is 1. The summed E-state index contributed by atoms with van der Waals surface area (Å²) in [5.41, 5.74) is 1.97. The number of hydrogen-bond acceptors (Lipinski definition) is 7. The summed E-state index contributed by atoms with van der Waals surface area (Å²) in [6.07, 6.45) is -1.09. The van der Waals surface area contributed by atoms with Gasteiger partial charge >= 0.3 is 12.1 Å². The molecule has 0 saturated carbocycles. The molecule has 0 bridgehead atoms. The normalized spacial score (nSPS) is 13.6. The predicted molar refractivity (Wildman–Crippen MR) is 174 cm³/mol. The van der Waals surface area contributed by atoms with Crippen LogP contribution in [-0.2, 0) is 21.5 Å². The van der Waals surface area contributed by atoms with Crippen LogP contribution in [-0.4, -0.2) is 47.6 Å². The number of carbonyl (C=O) groups is 3. The molecule has 0 spiro atoms. The minimum Gasteiger partial charge on any atom is -0.469 e. The van der Waals surface area contributed by atoms with Gasteiger partial charge in [-0.3, -0.25) is 18.4 Å². The van der Waals surface area contributed by atoms with Gasteiger partial charge in [0.15, 0.2) is 0 Å². The first kappa shape index (κ1) is 32.5. The lowest BCUT2D eigenvalue weighted by molar-refractivity contribution is -0.140. The molecule has 1 aliphatic rings. The van der Waals surface area contributed by atoms with Crippen LogP contribution >= 0.6 is 24.6 Å². The number of thioether (sulfide) groups is 1. The molecule has 7 nitrogen and oxygen atoms in total. The van der Waals surface area contributed by atoms with E-state index in [0.717, 1.165) is 59.7 Å². The first-order valence-corrected chi connectivity index (χ1v) is 16.0. The van der Waals surface area contributed by atoms with Crippen LogP contribution in [0.2, 0.25) is 0 Å². The molecule has 4 aromatic rings. The summed E-state index contributed by atoms with van der Waals surface area (Å²) in [5, 5.41) is 3.31. The largest absolute Gasteiger partial charge is 0.469 e. The van der Waals surface area contributed by atoms with Crippen molar-refractivity contribution in [3.63, 3.8) is 0 Å². The van der Waals surface area contributed by atoms with E-state index in [1.165, 1.54) is 19.2 Å². The standard InChI is InChI=1S/C33H32F3N3O4S2/c1-43-30(40)12-15-45-20-21-6-5-7-23(16-21)32(42)37-27-11-10-25(38-13-3-2-4-14-38)19-26(27)31(41)29-17-22-8-9-24(33(34,35)36)18-28(22)39(29)44/h5-11,16-19,44H,2-4,12-15,20H2,1H3,(H,37,42). The number of nitrogens with one attached hydrogen (secondary N) is 1. The van der Waals surface area contributed by atoms with Gasteiger partial charge in [0.05, 0.1) is 30.3 Å². The Hall–Kier alpha value is -3.90. The first-order valence-electron chi connectivity index (χ1n) is 14.5. The van der Waals surface area contributed by atoms with Crippen molar-refractivity contribution >= 4 is 64.5 Å². The smallest absolute Gasteiger partial charge is 0.416 e. The van der Waals surface area contributed by atoms with Crippen molar-refractivity contribution in [1.29, 1.82) is 0 Å². The molecule has 0 radical (unpaired) electrons.